The van der Waals surface area contributed by atoms with Gasteiger partial charge in [0.1, 0.15) is 5.82 Å². The van der Waals surface area contributed by atoms with E-state index in [2.05, 4.69) is 20.2 Å². The number of ether oxygens (including phenoxy) is 1. The summed E-state index contributed by atoms with van der Waals surface area (Å²) < 4.78 is 22.2. The van der Waals surface area contributed by atoms with Gasteiger partial charge in [0.15, 0.2) is 0 Å². The molecule has 1 amide bonds. The van der Waals surface area contributed by atoms with E-state index in [4.69, 9.17) is 4.52 Å². The van der Waals surface area contributed by atoms with Gasteiger partial charge >= 0.3 is 11.9 Å². The Hall–Kier alpha value is -2.77. The first-order chi connectivity index (χ1) is 10.1. The van der Waals surface area contributed by atoms with Gasteiger partial charge in [-0.3, -0.25) is 4.79 Å². The fourth-order valence-corrected chi connectivity index (χ4v) is 1.47. The summed E-state index contributed by atoms with van der Waals surface area (Å²) in [5.41, 5.74) is 0.572. The molecule has 0 bridgehead atoms. The average molecular weight is 293 g/mol. The Bertz CT molecular complexity index is 639. The van der Waals surface area contributed by atoms with Crippen molar-refractivity contribution in [2.45, 2.75) is 13.5 Å². The van der Waals surface area contributed by atoms with Gasteiger partial charge in [0.25, 0.3) is 0 Å². The smallest absolute Gasteiger partial charge is 0.396 e. The zero-order chi connectivity index (χ0) is 15.2. The number of benzene rings is 1. The van der Waals surface area contributed by atoms with Crippen LogP contribution in [0.2, 0.25) is 0 Å². The van der Waals surface area contributed by atoms with Crippen LogP contribution >= 0.6 is 0 Å². The quantitative estimate of drug-likeness (QED) is 0.669. The molecule has 0 atom stereocenters. The number of halogens is 1. The van der Waals surface area contributed by atoms with E-state index in [0.717, 1.165) is 0 Å². The minimum Gasteiger partial charge on any atom is -0.459 e. The molecule has 110 valence electrons. The summed E-state index contributed by atoms with van der Waals surface area (Å²) in [6, 6.07) is 5.55. The normalized spacial score (nSPS) is 10.2. The van der Waals surface area contributed by atoms with Crippen molar-refractivity contribution in [2.24, 2.45) is 0 Å². The lowest BCUT2D eigenvalue weighted by atomic mass is 10.2. The highest BCUT2D eigenvalue weighted by molar-refractivity contribution is 6.32. The summed E-state index contributed by atoms with van der Waals surface area (Å²) in [6.45, 7) is 1.60. The Kier molecular flexibility index (Phi) is 4.60. The number of carbonyl (C=O) groups is 2. The van der Waals surface area contributed by atoms with Gasteiger partial charge in [0.05, 0.1) is 13.2 Å². The van der Waals surface area contributed by atoms with Gasteiger partial charge in [0.2, 0.25) is 11.7 Å². The fourth-order valence-electron chi connectivity index (χ4n) is 1.47. The molecule has 0 saturated carbocycles. The average Bonchev–Trinajstić information content (AvgIpc) is 2.94. The number of hydrogen-bond donors (Lipinski definition) is 1. The molecule has 1 heterocycles. The molecule has 0 aliphatic heterocycles. The topological polar surface area (TPSA) is 94.3 Å². The van der Waals surface area contributed by atoms with Crippen LogP contribution in [-0.2, 0) is 20.9 Å². The number of nitrogens with one attached hydrogen (secondary N) is 1. The summed E-state index contributed by atoms with van der Waals surface area (Å²) in [7, 11) is 0. The first kappa shape index (κ1) is 14.6. The maximum absolute atomic E-state index is 12.8. The van der Waals surface area contributed by atoms with Gasteiger partial charge < -0.3 is 14.6 Å². The van der Waals surface area contributed by atoms with Gasteiger partial charge in [-0.15, -0.1) is 0 Å². The molecular formula is C13H12FN3O4. The van der Waals surface area contributed by atoms with Crippen molar-refractivity contribution in [3.8, 4) is 11.4 Å². The van der Waals surface area contributed by atoms with Crippen LogP contribution in [0.3, 0.4) is 0 Å². The molecule has 0 aliphatic carbocycles. The SMILES string of the molecule is CCOC(=O)C(=O)NCc1nc(-c2ccc(F)cc2)no1. The van der Waals surface area contributed by atoms with Gasteiger partial charge in [0, 0.05) is 5.56 Å². The minimum absolute atomic E-state index is 0.105. The largest absolute Gasteiger partial charge is 0.459 e. The van der Waals surface area contributed by atoms with Crippen LogP contribution in [0, 0.1) is 5.82 Å². The van der Waals surface area contributed by atoms with Crippen molar-refractivity contribution in [2.75, 3.05) is 6.61 Å². The van der Waals surface area contributed by atoms with E-state index in [1.54, 1.807) is 6.92 Å². The lowest BCUT2D eigenvalue weighted by Gasteiger charge is -2.00. The standard InChI is InChI=1S/C13H12FN3O4/c1-2-20-13(19)12(18)15-7-10-16-11(17-21-10)8-3-5-9(14)6-4-8/h3-6H,2,7H2,1H3,(H,15,18). The summed E-state index contributed by atoms with van der Waals surface area (Å²) in [4.78, 5) is 26.4. The molecule has 0 saturated heterocycles. The first-order valence-corrected chi connectivity index (χ1v) is 6.13. The Labute approximate surface area is 119 Å². The third-order valence-corrected chi connectivity index (χ3v) is 2.43. The van der Waals surface area contributed by atoms with E-state index in [-0.39, 0.29) is 30.7 Å². The van der Waals surface area contributed by atoms with Crippen molar-refractivity contribution in [3.63, 3.8) is 0 Å². The summed E-state index contributed by atoms with van der Waals surface area (Å²) in [5, 5.41) is 5.99. The van der Waals surface area contributed by atoms with Gasteiger partial charge in [-0.25, -0.2) is 9.18 Å². The Morgan fingerprint density at radius 3 is 2.71 bits per heavy atom. The third kappa shape index (κ3) is 3.85. The van der Waals surface area contributed by atoms with Crippen molar-refractivity contribution >= 4 is 11.9 Å². The molecule has 21 heavy (non-hydrogen) atoms. The maximum Gasteiger partial charge on any atom is 0.396 e. The highest BCUT2D eigenvalue weighted by atomic mass is 19.1. The van der Waals surface area contributed by atoms with Crippen LogP contribution < -0.4 is 5.32 Å². The first-order valence-electron chi connectivity index (χ1n) is 6.13. The Balaban J connectivity index is 1.96. The number of hydrogen-bond acceptors (Lipinski definition) is 6. The molecule has 1 N–H and O–H groups in total. The molecule has 2 aromatic rings. The van der Waals surface area contributed by atoms with Crippen LogP contribution in [-0.4, -0.2) is 28.6 Å². The second-order valence-electron chi connectivity index (χ2n) is 3.92. The number of rotatable bonds is 4. The van der Waals surface area contributed by atoms with E-state index in [1.165, 1.54) is 24.3 Å². The van der Waals surface area contributed by atoms with Gasteiger partial charge in [-0.05, 0) is 31.2 Å². The third-order valence-electron chi connectivity index (χ3n) is 2.43. The minimum atomic E-state index is -0.976. The number of nitrogens with zero attached hydrogens (tertiary/aromatic N) is 2. The molecule has 2 rings (SSSR count). The highest BCUT2D eigenvalue weighted by Gasteiger charge is 2.16. The molecular weight excluding hydrogens is 281 g/mol. The molecule has 0 spiro atoms. The zero-order valence-electron chi connectivity index (χ0n) is 11.1. The van der Waals surface area contributed by atoms with Crippen molar-refractivity contribution in [1.29, 1.82) is 0 Å². The predicted molar refractivity (Wildman–Crippen MR) is 68.2 cm³/mol. The second-order valence-corrected chi connectivity index (χ2v) is 3.92. The molecule has 8 heteroatoms. The summed E-state index contributed by atoms with van der Waals surface area (Å²) >= 11 is 0. The van der Waals surface area contributed by atoms with Crippen molar-refractivity contribution < 1.29 is 23.2 Å². The fraction of sp³-hybridized carbons (Fsp3) is 0.231. The molecule has 0 aliphatic rings. The predicted octanol–water partition coefficient (Wildman–Crippen LogP) is 1.05. The van der Waals surface area contributed by atoms with E-state index in [9.17, 15) is 14.0 Å². The monoisotopic (exact) mass is 293 g/mol. The molecule has 0 radical (unpaired) electrons. The van der Waals surface area contributed by atoms with Gasteiger partial charge in [-0.2, -0.15) is 4.98 Å². The molecule has 0 unspecified atom stereocenters. The number of aromatic nitrogens is 2. The maximum atomic E-state index is 12.8. The molecule has 7 nitrogen and oxygen atoms in total. The lowest BCUT2D eigenvalue weighted by molar-refractivity contribution is -0.154. The van der Waals surface area contributed by atoms with Crippen molar-refractivity contribution in [1.82, 2.24) is 15.5 Å². The number of esters is 1. The van der Waals surface area contributed by atoms with Crippen LogP contribution in [0.5, 0.6) is 0 Å². The van der Waals surface area contributed by atoms with Gasteiger partial charge in [-0.1, -0.05) is 5.16 Å². The van der Waals surface area contributed by atoms with E-state index < -0.39 is 11.9 Å². The van der Waals surface area contributed by atoms with Crippen molar-refractivity contribution in [3.05, 3.63) is 36.0 Å². The Morgan fingerprint density at radius 2 is 2.05 bits per heavy atom. The number of carbonyl (C=O) groups excluding carboxylic acids is 2. The second kappa shape index (κ2) is 6.60. The van der Waals surface area contributed by atoms with Crippen LogP contribution in [0.4, 0.5) is 4.39 Å². The lowest BCUT2D eigenvalue weighted by Crippen LogP contribution is -2.32. The van der Waals surface area contributed by atoms with E-state index in [1.807, 2.05) is 0 Å². The molecule has 1 aromatic carbocycles. The summed E-state index contributed by atoms with van der Waals surface area (Å²) in [6.07, 6.45) is 0. The van der Waals surface area contributed by atoms with Crippen LogP contribution in [0.1, 0.15) is 12.8 Å². The number of amides is 1. The highest BCUT2D eigenvalue weighted by Crippen LogP contribution is 2.15. The van der Waals surface area contributed by atoms with Crippen LogP contribution in [0.15, 0.2) is 28.8 Å². The molecule has 0 fully saturated rings. The molecule has 1 aromatic heterocycles. The zero-order valence-corrected chi connectivity index (χ0v) is 11.1. The Morgan fingerprint density at radius 1 is 1.33 bits per heavy atom. The van der Waals surface area contributed by atoms with E-state index in [0.29, 0.717) is 5.56 Å². The summed E-state index contributed by atoms with van der Waals surface area (Å²) in [5.74, 6) is -1.86. The van der Waals surface area contributed by atoms with E-state index >= 15 is 0 Å². The van der Waals surface area contributed by atoms with Crippen LogP contribution in [0.25, 0.3) is 11.4 Å².